The van der Waals surface area contributed by atoms with Crippen LogP contribution in [0.3, 0.4) is 0 Å². The van der Waals surface area contributed by atoms with Gasteiger partial charge in [-0.2, -0.15) is 4.98 Å². The molecule has 0 radical (unpaired) electrons. The smallest absolute Gasteiger partial charge is 0.244 e. The van der Waals surface area contributed by atoms with Crippen LogP contribution in [0.15, 0.2) is 28.8 Å². The summed E-state index contributed by atoms with van der Waals surface area (Å²) in [5.74, 6) is 1.21. The maximum atomic E-state index is 12.0. The number of amides is 1. The van der Waals surface area contributed by atoms with E-state index in [0.717, 1.165) is 18.7 Å². The predicted molar refractivity (Wildman–Crippen MR) is 109 cm³/mol. The van der Waals surface area contributed by atoms with Gasteiger partial charge in [0.1, 0.15) is 0 Å². The van der Waals surface area contributed by atoms with Crippen LogP contribution in [-0.4, -0.2) is 58.1 Å². The SMILES string of the molecule is Cc1ccc(-c2noc(C(C)N3CCN(C(=O)[C@@H](C)N)CC3)n2)cc1.Cl.Cl. The first-order chi connectivity index (χ1) is 12.0. The average molecular weight is 416 g/mol. The molecule has 1 aliphatic heterocycles. The molecule has 0 saturated carbocycles. The molecule has 1 aromatic heterocycles. The Morgan fingerprint density at radius 3 is 2.26 bits per heavy atom. The number of nitrogens with two attached hydrogens (primary N) is 1. The van der Waals surface area contributed by atoms with Gasteiger partial charge in [-0.1, -0.05) is 35.0 Å². The predicted octanol–water partition coefficient (Wildman–Crippen LogP) is 2.44. The average Bonchev–Trinajstić information content (AvgIpc) is 3.11. The van der Waals surface area contributed by atoms with E-state index in [-0.39, 0.29) is 36.8 Å². The zero-order valence-corrected chi connectivity index (χ0v) is 17.4. The molecule has 1 fully saturated rings. The number of piperazine rings is 1. The highest BCUT2D eigenvalue weighted by Crippen LogP contribution is 2.23. The number of nitrogens with zero attached hydrogens (tertiary/aromatic N) is 4. The first-order valence-corrected chi connectivity index (χ1v) is 8.65. The summed E-state index contributed by atoms with van der Waals surface area (Å²) in [6.45, 7) is 8.69. The molecular formula is C18H27Cl2N5O2. The highest BCUT2D eigenvalue weighted by molar-refractivity contribution is 5.85. The van der Waals surface area contributed by atoms with Gasteiger partial charge in [0, 0.05) is 31.7 Å². The Morgan fingerprint density at radius 2 is 1.70 bits per heavy atom. The second-order valence-electron chi connectivity index (χ2n) is 6.65. The number of rotatable bonds is 4. The Morgan fingerprint density at radius 1 is 1.11 bits per heavy atom. The molecule has 1 aromatic carbocycles. The maximum Gasteiger partial charge on any atom is 0.244 e. The van der Waals surface area contributed by atoms with E-state index >= 15 is 0 Å². The minimum Gasteiger partial charge on any atom is -0.339 e. The van der Waals surface area contributed by atoms with E-state index in [2.05, 4.69) is 22.0 Å². The van der Waals surface area contributed by atoms with E-state index in [9.17, 15) is 4.79 Å². The number of carbonyl (C=O) groups excluding carboxylic acids is 1. The van der Waals surface area contributed by atoms with E-state index in [0.29, 0.717) is 24.8 Å². The zero-order chi connectivity index (χ0) is 18.0. The molecule has 1 unspecified atom stereocenters. The van der Waals surface area contributed by atoms with Crippen molar-refractivity contribution >= 4 is 30.7 Å². The van der Waals surface area contributed by atoms with Crippen molar-refractivity contribution in [1.82, 2.24) is 19.9 Å². The van der Waals surface area contributed by atoms with Gasteiger partial charge in [0.25, 0.3) is 0 Å². The number of halogens is 2. The summed E-state index contributed by atoms with van der Waals surface area (Å²) in [6, 6.07) is 7.61. The van der Waals surface area contributed by atoms with Gasteiger partial charge in [-0.25, -0.2) is 0 Å². The van der Waals surface area contributed by atoms with Crippen LogP contribution in [0.2, 0.25) is 0 Å². The molecule has 2 heterocycles. The number of benzene rings is 1. The topological polar surface area (TPSA) is 88.5 Å². The van der Waals surface area contributed by atoms with E-state index in [1.165, 1.54) is 5.56 Å². The highest BCUT2D eigenvalue weighted by atomic mass is 35.5. The van der Waals surface area contributed by atoms with Crippen LogP contribution >= 0.6 is 24.8 Å². The first-order valence-electron chi connectivity index (χ1n) is 8.65. The van der Waals surface area contributed by atoms with Gasteiger partial charge in [0.05, 0.1) is 12.1 Å². The van der Waals surface area contributed by atoms with E-state index in [1.54, 1.807) is 6.92 Å². The Hall–Kier alpha value is -1.67. The van der Waals surface area contributed by atoms with E-state index in [4.69, 9.17) is 10.3 Å². The Kier molecular flexibility index (Phi) is 8.68. The third kappa shape index (κ3) is 5.42. The van der Waals surface area contributed by atoms with Gasteiger partial charge in [-0.15, -0.1) is 24.8 Å². The lowest BCUT2D eigenvalue weighted by Crippen LogP contribution is -2.52. The molecule has 3 rings (SSSR count). The first kappa shape index (κ1) is 23.4. The van der Waals surface area contributed by atoms with Gasteiger partial charge in [0.2, 0.25) is 17.6 Å². The zero-order valence-electron chi connectivity index (χ0n) is 15.8. The third-order valence-corrected chi connectivity index (χ3v) is 4.67. The summed E-state index contributed by atoms with van der Waals surface area (Å²) in [5, 5.41) is 4.10. The fraction of sp³-hybridized carbons (Fsp3) is 0.500. The summed E-state index contributed by atoms with van der Waals surface area (Å²) in [5.41, 5.74) is 7.82. The highest BCUT2D eigenvalue weighted by Gasteiger charge is 2.28. The van der Waals surface area contributed by atoms with Gasteiger partial charge in [0.15, 0.2) is 0 Å². The Labute approximate surface area is 172 Å². The van der Waals surface area contributed by atoms with Gasteiger partial charge >= 0.3 is 0 Å². The molecule has 1 aliphatic rings. The van der Waals surface area contributed by atoms with Crippen LogP contribution in [0.4, 0.5) is 0 Å². The molecule has 27 heavy (non-hydrogen) atoms. The van der Waals surface area contributed by atoms with Gasteiger partial charge in [-0.05, 0) is 20.8 Å². The Bertz CT molecular complexity index is 728. The van der Waals surface area contributed by atoms with Crippen LogP contribution in [0.25, 0.3) is 11.4 Å². The van der Waals surface area contributed by atoms with Crippen molar-refractivity contribution in [2.75, 3.05) is 26.2 Å². The van der Waals surface area contributed by atoms with Crippen LogP contribution in [0.5, 0.6) is 0 Å². The minimum absolute atomic E-state index is 0. The molecule has 0 bridgehead atoms. The number of aromatic nitrogens is 2. The molecular weight excluding hydrogens is 389 g/mol. The fourth-order valence-electron chi connectivity index (χ4n) is 3.00. The molecule has 1 amide bonds. The number of aryl methyl sites for hydroxylation is 1. The van der Waals surface area contributed by atoms with Gasteiger partial charge < -0.3 is 15.2 Å². The van der Waals surface area contributed by atoms with Crippen molar-refractivity contribution in [3.05, 3.63) is 35.7 Å². The van der Waals surface area contributed by atoms with Crippen LogP contribution in [-0.2, 0) is 4.79 Å². The Balaban J connectivity index is 0.00000182. The molecule has 2 aromatic rings. The lowest BCUT2D eigenvalue weighted by molar-refractivity contribution is -0.134. The molecule has 2 atom stereocenters. The van der Waals surface area contributed by atoms with Crippen LogP contribution in [0.1, 0.15) is 31.3 Å². The van der Waals surface area contributed by atoms with Crippen molar-refractivity contribution in [2.24, 2.45) is 5.73 Å². The normalized spacial score (nSPS) is 16.8. The van der Waals surface area contributed by atoms with Crippen molar-refractivity contribution in [2.45, 2.75) is 32.9 Å². The standard InChI is InChI=1S/C18H25N5O2.2ClH/c1-12-4-6-15(7-5-12)16-20-17(25-21-16)14(3)22-8-10-23(11-9-22)18(24)13(2)19;;/h4-7,13-14H,8-11,19H2,1-3H3;2*1H/t13-,14?;;/m1../s1. The maximum absolute atomic E-state index is 12.0. The lowest BCUT2D eigenvalue weighted by Gasteiger charge is -2.37. The largest absolute Gasteiger partial charge is 0.339 e. The molecule has 2 N–H and O–H groups in total. The summed E-state index contributed by atoms with van der Waals surface area (Å²) in [4.78, 5) is 20.6. The van der Waals surface area contributed by atoms with Crippen molar-refractivity contribution in [3.63, 3.8) is 0 Å². The number of hydrogen-bond acceptors (Lipinski definition) is 6. The van der Waals surface area contributed by atoms with Crippen molar-refractivity contribution < 1.29 is 9.32 Å². The minimum atomic E-state index is -0.447. The molecule has 0 spiro atoms. The number of hydrogen-bond donors (Lipinski definition) is 1. The fourth-order valence-corrected chi connectivity index (χ4v) is 3.00. The summed E-state index contributed by atoms with van der Waals surface area (Å²) in [7, 11) is 0. The van der Waals surface area contributed by atoms with E-state index in [1.807, 2.05) is 36.1 Å². The second kappa shape index (κ2) is 10.0. The number of carbonyl (C=O) groups is 1. The van der Waals surface area contributed by atoms with Crippen LogP contribution in [0, 0.1) is 6.92 Å². The third-order valence-electron chi connectivity index (χ3n) is 4.67. The lowest BCUT2D eigenvalue weighted by atomic mass is 10.1. The van der Waals surface area contributed by atoms with Crippen molar-refractivity contribution in [1.29, 1.82) is 0 Å². The molecule has 0 aliphatic carbocycles. The quantitative estimate of drug-likeness (QED) is 0.824. The molecule has 9 heteroatoms. The monoisotopic (exact) mass is 415 g/mol. The second-order valence-corrected chi connectivity index (χ2v) is 6.65. The van der Waals surface area contributed by atoms with Crippen molar-refractivity contribution in [3.8, 4) is 11.4 Å². The van der Waals surface area contributed by atoms with Crippen LogP contribution < -0.4 is 5.73 Å². The van der Waals surface area contributed by atoms with Gasteiger partial charge in [-0.3, -0.25) is 9.69 Å². The molecule has 1 saturated heterocycles. The summed E-state index contributed by atoms with van der Waals surface area (Å²) < 4.78 is 5.47. The summed E-state index contributed by atoms with van der Waals surface area (Å²) >= 11 is 0. The van der Waals surface area contributed by atoms with E-state index < -0.39 is 6.04 Å². The molecule has 150 valence electrons. The molecule has 7 nitrogen and oxygen atoms in total. The summed E-state index contributed by atoms with van der Waals surface area (Å²) in [6.07, 6.45) is 0.